The van der Waals surface area contributed by atoms with Crippen molar-refractivity contribution in [2.24, 2.45) is 0 Å². The second-order valence-electron chi connectivity index (χ2n) is 2.06. The van der Waals surface area contributed by atoms with Gasteiger partial charge in [-0.3, -0.25) is 0 Å². The van der Waals surface area contributed by atoms with Crippen molar-refractivity contribution in [1.82, 2.24) is 4.98 Å². The summed E-state index contributed by atoms with van der Waals surface area (Å²) in [5, 5.41) is 1.28. The van der Waals surface area contributed by atoms with Crippen LogP contribution in [0.25, 0.3) is 10.9 Å². The Balaban J connectivity index is 0.000000500. The molecule has 2 aromatic rings. The van der Waals surface area contributed by atoms with E-state index in [2.05, 4.69) is 23.2 Å². The van der Waals surface area contributed by atoms with Crippen molar-refractivity contribution in [3.8, 4) is 0 Å². The first-order valence-electron chi connectivity index (χ1n) is 2.99. The van der Waals surface area contributed by atoms with Gasteiger partial charge < -0.3 is 4.98 Å². The van der Waals surface area contributed by atoms with Crippen molar-refractivity contribution >= 4 is 19.3 Å². The Morgan fingerprint density at radius 3 is 2.60 bits per heavy atom. The number of fused-ring (bicyclic) bond motifs is 1. The fraction of sp³-hybridized carbons (Fsp3) is 0. The van der Waals surface area contributed by atoms with Gasteiger partial charge in [0.2, 0.25) is 0 Å². The molecule has 0 fully saturated rings. The average molecular weight is 131 g/mol. The molecule has 0 spiro atoms. The summed E-state index contributed by atoms with van der Waals surface area (Å²) < 4.78 is 0. The fourth-order valence-electron chi connectivity index (χ4n) is 0.995. The number of rotatable bonds is 0. The second-order valence-corrected chi connectivity index (χ2v) is 2.06. The Labute approximate surface area is 61.6 Å². The quantitative estimate of drug-likeness (QED) is 0.513. The summed E-state index contributed by atoms with van der Waals surface area (Å²) in [6.45, 7) is 0. The third-order valence-electron chi connectivity index (χ3n) is 1.46. The highest BCUT2D eigenvalue weighted by atomic mass is 14.6. The van der Waals surface area contributed by atoms with Crippen LogP contribution in [-0.4, -0.2) is 13.4 Å². The molecule has 0 aliphatic heterocycles. The van der Waals surface area contributed by atoms with Crippen LogP contribution in [0, 0.1) is 0 Å². The number of benzene rings is 1. The summed E-state index contributed by atoms with van der Waals surface area (Å²) in [5.41, 5.74) is 1.21. The SMILES string of the molecule is B.c1ccc2[nH]ccc2c1. The predicted octanol–water partition coefficient (Wildman–Crippen LogP) is 0.984. The Morgan fingerprint density at radius 2 is 1.80 bits per heavy atom. The van der Waals surface area contributed by atoms with Crippen LogP contribution in [0.4, 0.5) is 0 Å². The Bertz CT molecular complexity index is 283. The van der Waals surface area contributed by atoms with Crippen molar-refractivity contribution < 1.29 is 0 Å². The van der Waals surface area contributed by atoms with Crippen molar-refractivity contribution in [2.75, 3.05) is 0 Å². The van der Waals surface area contributed by atoms with Crippen LogP contribution in [0.3, 0.4) is 0 Å². The van der Waals surface area contributed by atoms with Crippen molar-refractivity contribution in [1.29, 1.82) is 0 Å². The molecule has 0 aliphatic carbocycles. The lowest BCUT2D eigenvalue weighted by Crippen LogP contribution is -1.61. The van der Waals surface area contributed by atoms with Gasteiger partial charge in [0, 0.05) is 11.7 Å². The van der Waals surface area contributed by atoms with Gasteiger partial charge >= 0.3 is 0 Å². The largest absolute Gasteiger partial charge is 0.361 e. The van der Waals surface area contributed by atoms with Gasteiger partial charge in [-0.1, -0.05) is 18.2 Å². The minimum atomic E-state index is 0. The molecular weight excluding hydrogens is 121 g/mol. The maximum Gasteiger partial charge on any atom is 0.0814 e. The molecule has 1 N–H and O–H groups in total. The van der Waals surface area contributed by atoms with Crippen LogP contribution in [0.2, 0.25) is 0 Å². The first-order chi connectivity index (χ1) is 4.47. The normalized spacial score (nSPS) is 9.20. The predicted molar refractivity (Wildman–Crippen MR) is 48.2 cm³/mol. The third-order valence-corrected chi connectivity index (χ3v) is 1.46. The van der Waals surface area contributed by atoms with Crippen LogP contribution in [0.5, 0.6) is 0 Å². The van der Waals surface area contributed by atoms with Gasteiger partial charge in [0.05, 0.1) is 8.41 Å². The van der Waals surface area contributed by atoms with Crippen LogP contribution in [0.15, 0.2) is 36.5 Å². The van der Waals surface area contributed by atoms with Crippen molar-refractivity contribution in [3.63, 3.8) is 0 Å². The van der Waals surface area contributed by atoms with Gasteiger partial charge in [-0.2, -0.15) is 0 Å². The molecule has 0 bridgehead atoms. The molecule has 0 atom stereocenters. The summed E-state index contributed by atoms with van der Waals surface area (Å²) in [4.78, 5) is 3.12. The summed E-state index contributed by atoms with van der Waals surface area (Å²) in [6, 6.07) is 10.3. The van der Waals surface area contributed by atoms with Crippen molar-refractivity contribution in [3.05, 3.63) is 36.5 Å². The lowest BCUT2D eigenvalue weighted by Gasteiger charge is -1.83. The highest BCUT2D eigenvalue weighted by Crippen LogP contribution is 2.09. The maximum atomic E-state index is 3.12. The standard InChI is InChI=1S/C8H7N.BH3/c1-2-4-8-7(3-1)5-6-9-8;/h1-6,9H;1H3. The zero-order valence-corrected chi connectivity index (χ0v) is 4.96. The molecule has 0 aliphatic rings. The van der Waals surface area contributed by atoms with Crippen LogP contribution >= 0.6 is 0 Å². The number of aromatic amines is 1. The van der Waals surface area contributed by atoms with Crippen LogP contribution in [0.1, 0.15) is 0 Å². The number of para-hydroxylation sites is 1. The van der Waals surface area contributed by atoms with Gasteiger partial charge in [0.15, 0.2) is 0 Å². The first kappa shape index (κ1) is 6.94. The lowest BCUT2D eigenvalue weighted by atomic mass is 10.3. The zero-order valence-electron chi connectivity index (χ0n) is 4.96. The van der Waals surface area contributed by atoms with Gasteiger partial charge in [-0.25, -0.2) is 0 Å². The highest BCUT2D eigenvalue weighted by molar-refractivity contribution is 5.78. The van der Waals surface area contributed by atoms with E-state index in [9.17, 15) is 0 Å². The summed E-state index contributed by atoms with van der Waals surface area (Å²) in [6.07, 6.45) is 1.95. The zero-order chi connectivity index (χ0) is 6.10. The molecule has 0 saturated heterocycles. The summed E-state index contributed by atoms with van der Waals surface area (Å²) >= 11 is 0. The molecule has 0 unspecified atom stereocenters. The Hall–Kier alpha value is -1.18. The second kappa shape index (κ2) is 2.61. The van der Waals surface area contributed by atoms with E-state index in [0.717, 1.165) is 0 Å². The van der Waals surface area contributed by atoms with Gasteiger partial charge in [-0.05, 0) is 17.5 Å². The Morgan fingerprint density at radius 1 is 1.00 bits per heavy atom. The molecule has 1 aromatic carbocycles. The van der Waals surface area contributed by atoms with Gasteiger partial charge in [-0.15, -0.1) is 0 Å². The van der Waals surface area contributed by atoms with E-state index in [-0.39, 0.29) is 8.41 Å². The van der Waals surface area contributed by atoms with E-state index in [1.54, 1.807) is 0 Å². The molecule has 2 heteroatoms. The summed E-state index contributed by atoms with van der Waals surface area (Å²) in [7, 11) is 0. The lowest BCUT2D eigenvalue weighted by molar-refractivity contribution is 1.48. The molecule has 0 radical (unpaired) electrons. The molecule has 0 saturated carbocycles. The molecule has 1 aromatic heterocycles. The van der Waals surface area contributed by atoms with Crippen LogP contribution < -0.4 is 0 Å². The fourth-order valence-corrected chi connectivity index (χ4v) is 0.995. The van der Waals surface area contributed by atoms with Crippen molar-refractivity contribution in [2.45, 2.75) is 0 Å². The number of hydrogen-bond donors (Lipinski definition) is 1. The minimum absolute atomic E-state index is 0. The number of nitrogens with one attached hydrogen (secondary N) is 1. The van der Waals surface area contributed by atoms with E-state index >= 15 is 0 Å². The average Bonchev–Trinajstić information content (AvgIpc) is 2.33. The highest BCUT2D eigenvalue weighted by Gasteiger charge is 1.86. The van der Waals surface area contributed by atoms with E-state index in [1.807, 2.05) is 18.3 Å². The molecule has 1 nitrogen and oxygen atoms in total. The molecule has 2 rings (SSSR count). The monoisotopic (exact) mass is 131 g/mol. The number of H-pyrrole nitrogens is 1. The van der Waals surface area contributed by atoms with E-state index < -0.39 is 0 Å². The molecule has 0 amide bonds. The van der Waals surface area contributed by atoms with E-state index in [0.29, 0.717) is 0 Å². The minimum Gasteiger partial charge on any atom is -0.361 e. The maximum absolute atomic E-state index is 3.12. The Kier molecular flexibility index (Phi) is 1.81. The smallest absolute Gasteiger partial charge is 0.0814 e. The molecule has 1 heterocycles. The first-order valence-corrected chi connectivity index (χ1v) is 2.99. The van der Waals surface area contributed by atoms with Gasteiger partial charge in [0.25, 0.3) is 0 Å². The van der Waals surface area contributed by atoms with Crippen LogP contribution in [-0.2, 0) is 0 Å². The molecular formula is C8H10BN. The third kappa shape index (κ3) is 0.925. The molecule has 10 heavy (non-hydrogen) atoms. The number of hydrogen-bond acceptors (Lipinski definition) is 0. The molecule has 50 valence electrons. The summed E-state index contributed by atoms with van der Waals surface area (Å²) in [5.74, 6) is 0. The number of aromatic nitrogens is 1. The topological polar surface area (TPSA) is 15.8 Å². The van der Waals surface area contributed by atoms with E-state index in [1.165, 1.54) is 10.9 Å². The van der Waals surface area contributed by atoms with E-state index in [4.69, 9.17) is 0 Å². The van der Waals surface area contributed by atoms with Gasteiger partial charge in [0.1, 0.15) is 0 Å².